The highest BCUT2D eigenvalue weighted by molar-refractivity contribution is 5.28. The van der Waals surface area contributed by atoms with Crippen LogP contribution in [-0.4, -0.2) is 0 Å². The van der Waals surface area contributed by atoms with Gasteiger partial charge < -0.3 is 4.74 Å². The summed E-state index contributed by atoms with van der Waals surface area (Å²) in [7, 11) is 0. The molecule has 67 heavy (non-hydrogen) atoms. The van der Waals surface area contributed by atoms with E-state index in [1.165, 1.54) is 279 Å². The van der Waals surface area contributed by atoms with Crippen LogP contribution in [0, 0.1) is 47.3 Å². The van der Waals surface area contributed by atoms with Crippen LogP contribution < -0.4 is 0 Å². The lowest BCUT2D eigenvalue weighted by molar-refractivity contribution is -0.0934. The molecular formula is C66H110O. The first-order valence-electron chi connectivity index (χ1n) is 30.9. The number of unbranched alkanes of at least 4 members (excludes halogenated alkanes) is 16. The first-order valence-corrected chi connectivity index (χ1v) is 30.9. The Bertz CT molecular complexity index is 1360. The van der Waals surface area contributed by atoms with Gasteiger partial charge in [-0.3, -0.25) is 0 Å². The fourth-order valence-electron chi connectivity index (χ4n) is 14.5. The average Bonchev–Trinajstić information content (AvgIpc) is 3.37. The third-order valence-corrected chi connectivity index (χ3v) is 19.1. The van der Waals surface area contributed by atoms with Crippen LogP contribution in [0.5, 0.6) is 0 Å². The average molecular weight is 920 g/mol. The summed E-state index contributed by atoms with van der Waals surface area (Å²) in [6, 6.07) is 20.1. The lowest BCUT2D eigenvalue weighted by Gasteiger charge is -2.43. The maximum Gasteiger partial charge on any atom is 0.0861 e. The molecule has 2 unspecified atom stereocenters. The van der Waals surface area contributed by atoms with Crippen LogP contribution in [0.15, 0.2) is 48.5 Å². The van der Waals surface area contributed by atoms with E-state index in [2.05, 4.69) is 76.2 Å². The quantitative estimate of drug-likeness (QED) is 0.0665. The van der Waals surface area contributed by atoms with Gasteiger partial charge in [-0.25, -0.2) is 0 Å². The van der Waals surface area contributed by atoms with Crippen molar-refractivity contribution in [3.8, 4) is 0 Å². The normalized spacial score (nSPS) is 26.9. The first-order chi connectivity index (χ1) is 33.1. The summed E-state index contributed by atoms with van der Waals surface area (Å²) < 4.78 is 7.95. The van der Waals surface area contributed by atoms with E-state index in [-0.39, 0.29) is 12.2 Å². The van der Waals surface area contributed by atoms with E-state index < -0.39 is 0 Å². The summed E-state index contributed by atoms with van der Waals surface area (Å²) in [5.74, 6) is 7.13. The van der Waals surface area contributed by atoms with Gasteiger partial charge in [-0.05, 0) is 172 Å². The Morgan fingerprint density at radius 3 is 0.925 bits per heavy atom. The van der Waals surface area contributed by atoms with Crippen LogP contribution in [0.3, 0.4) is 0 Å². The second-order valence-corrected chi connectivity index (χ2v) is 24.1. The molecule has 0 aromatic heterocycles. The van der Waals surface area contributed by atoms with Crippen LogP contribution in [0.1, 0.15) is 306 Å². The number of ether oxygens (including phenoxy) is 1. The Morgan fingerprint density at radius 2 is 0.612 bits per heavy atom. The van der Waals surface area contributed by atoms with E-state index in [0.717, 1.165) is 35.5 Å². The van der Waals surface area contributed by atoms with Gasteiger partial charge in [0.15, 0.2) is 0 Å². The van der Waals surface area contributed by atoms with Crippen molar-refractivity contribution in [3.63, 3.8) is 0 Å². The molecule has 1 nitrogen and oxygen atoms in total. The molecule has 0 spiro atoms. The van der Waals surface area contributed by atoms with E-state index in [1.807, 2.05) is 0 Å². The number of benzene rings is 2. The molecule has 0 N–H and O–H groups in total. The monoisotopic (exact) mass is 919 g/mol. The highest BCUT2D eigenvalue weighted by atomic mass is 16.5. The van der Waals surface area contributed by atoms with Crippen molar-refractivity contribution in [2.75, 3.05) is 0 Å². The lowest BCUT2D eigenvalue weighted by atomic mass is 9.67. The first kappa shape index (κ1) is 54.7. The Balaban J connectivity index is 1.12. The smallest absolute Gasteiger partial charge is 0.0861 e. The van der Waals surface area contributed by atoms with Gasteiger partial charge in [-0.1, -0.05) is 230 Å². The zero-order valence-electron chi connectivity index (χ0n) is 45.1. The van der Waals surface area contributed by atoms with E-state index in [1.54, 1.807) is 0 Å². The van der Waals surface area contributed by atoms with Gasteiger partial charge in [-0.15, -0.1) is 0 Å². The van der Waals surface area contributed by atoms with Gasteiger partial charge in [0.1, 0.15) is 0 Å². The summed E-state index contributed by atoms with van der Waals surface area (Å²) in [5.41, 5.74) is 6.00. The van der Waals surface area contributed by atoms with Crippen molar-refractivity contribution in [3.05, 3.63) is 70.8 Å². The molecule has 4 saturated carbocycles. The molecular weight excluding hydrogens is 809 g/mol. The van der Waals surface area contributed by atoms with Crippen molar-refractivity contribution in [1.29, 1.82) is 0 Å². The summed E-state index contributed by atoms with van der Waals surface area (Å²) in [6.07, 6.45) is 57.0. The highest BCUT2D eigenvalue weighted by Crippen LogP contribution is 2.50. The number of aryl methyl sites for hydroxylation is 2. The zero-order valence-corrected chi connectivity index (χ0v) is 45.1. The van der Waals surface area contributed by atoms with E-state index in [9.17, 15) is 0 Å². The zero-order chi connectivity index (χ0) is 46.7. The molecule has 2 atom stereocenters. The van der Waals surface area contributed by atoms with E-state index in [4.69, 9.17) is 4.74 Å². The fraction of sp³-hybridized carbons (Fsp3) is 0.818. The van der Waals surface area contributed by atoms with Crippen molar-refractivity contribution < 1.29 is 4.74 Å². The molecule has 0 heterocycles. The van der Waals surface area contributed by atoms with E-state index >= 15 is 0 Å². The molecule has 4 aliphatic rings. The van der Waals surface area contributed by atoms with Crippen LogP contribution >= 0.6 is 0 Å². The van der Waals surface area contributed by atoms with Crippen molar-refractivity contribution >= 4 is 0 Å². The minimum Gasteiger partial charge on any atom is -0.365 e. The van der Waals surface area contributed by atoms with Gasteiger partial charge in [0.05, 0.1) is 12.2 Å². The Hall–Kier alpha value is -1.60. The van der Waals surface area contributed by atoms with Gasteiger partial charge in [0.25, 0.3) is 0 Å². The van der Waals surface area contributed by atoms with Gasteiger partial charge >= 0.3 is 0 Å². The summed E-state index contributed by atoms with van der Waals surface area (Å²) in [5, 5.41) is 0. The molecule has 0 aliphatic heterocycles. The highest BCUT2D eigenvalue weighted by Gasteiger charge is 2.39. The standard InChI is InChI=1S/C66H110O/c1-5-9-13-17-21-25-53-29-37-57(38-30-53)59-45-49-63(50-46-59)65(61-41-33-55(34-42-61)27-23-19-15-11-7-3)67-66(62-43-35-56(36-44-62)28-24-20-16-12-8-4)64-51-47-60(48-52-64)58-39-31-54(32-40-58)26-22-18-14-10-6-2/h33-36,41-44,53-54,57-60,63-66H,5-32,37-40,45-52H2,1-4H3. The van der Waals surface area contributed by atoms with Crippen molar-refractivity contribution in [2.45, 2.75) is 297 Å². The van der Waals surface area contributed by atoms with Crippen molar-refractivity contribution in [1.82, 2.24) is 0 Å². The molecule has 4 fully saturated rings. The molecule has 4 aliphatic carbocycles. The summed E-state index contributed by atoms with van der Waals surface area (Å²) in [6.45, 7) is 9.34. The third kappa shape index (κ3) is 19.2. The van der Waals surface area contributed by atoms with Gasteiger partial charge in [0, 0.05) is 0 Å². The maximum absolute atomic E-state index is 7.95. The molecule has 2 aromatic carbocycles. The van der Waals surface area contributed by atoms with Crippen LogP contribution in [0.4, 0.5) is 0 Å². The molecule has 0 saturated heterocycles. The van der Waals surface area contributed by atoms with Crippen LogP contribution in [0.25, 0.3) is 0 Å². The minimum atomic E-state index is 0.196. The van der Waals surface area contributed by atoms with Crippen LogP contribution in [0.2, 0.25) is 0 Å². The third-order valence-electron chi connectivity index (χ3n) is 19.1. The molecule has 380 valence electrons. The summed E-state index contributed by atoms with van der Waals surface area (Å²) >= 11 is 0. The lowest BCUT2D eigenvalue weighted by Crippen LogP contribution is -2.31. The molecule has 0 radical (unpaired) electrons. The molecule has 0 amide bonds. The second-order valence-electron chi connectivity index (χ2n) is 24.1. The number of hydrogen-bond donors (Lipinski definition) is 0. The minimum absolute atomic E-state index is 0.196. The van der Waals surface area contributed by atoms with Crippen LogP contribution in [-0.2, 0) is 17.6 Å². The van der Waals surface area contributed by atoms with Gasteiger partial charge in [0.2, 0.25) is 0 Å². The fourth-order valence-corrected chi connectivity index (χ4v) is 14.5. The number of hydrogen-bond acceptors (Lipinski definition) is 1. The van der Waals surface area contributed by atoms with Gasteiger partial charge in [-0.2, -0.15) is 0 Å². The topological polar surface area (TPSA) is 9.23 Å². The Kier molecular flexibility index (Phi) is 26.5. The van der Waals surface area contributed by atoms with E-state index in [0.29, 0.717) is 11.8 Å². The molecule has 2 aromatic rings. The second kappa shape index (κ2) is 32.4. The Labute approximate surface area is 417 Å². The predicted molar refractivity (Wildman–Crippen MR) is 293 cm³/mol. The Morgan fingerprint density at radius 1 is 0.328 bits per heavy atom. The molecule has 1 heteroatoms. The van der Waals surface area contributed by atoms with Crippen molar-refractivity contribution in [2.24, 2.45) is 47.3 Å². The predicted octanol–water partition coefficient (Wildman–Crippen LogP) is 21.5. The summed E-state index contributed by atoms with van der Waals surface area (Å²) in [4.78, 5) is 0. The number of rotatable bonds is 32. The maximum atomic E-state index is 7.95. The SMILES string of the molecule is CCCCCCCc1ccc(C(OC(c2ccc(CCCCCCC)cc2)C2CCC(C3CCC(CCCCCCC)CC3)CC2)C2CCC(C3CCC(CCCCCCC)CC3)CC2)cc1. The molecule has 0 bridgehead atoms. The molecule has 6 rings (SSSR count). The largest absolute Gasteiger partial charge is 0.365 e.